The summed E-state index contributed by atoms with van der Waals surface area (Å²) in [4.78, 5) is 54.3. The highest BCUT2D eigenvalue weighted by molar-refractivity contribution is 5.93. The maximum Gasteiger partial charge on any atom is 0.305 e. The van der Waals surface area contributed by atoms with Crippen LogP contribution < -0.4 is 0 Å². The van der Waals surface area contributed by atoms with Crippen molar-refractivity contribution in [3.63, 3.8) is 0 Å². The summed E-state index contributed by atoms with van der Waals surface area (Å²) in [5.41, 5.74) is -0.581. The molecule has 5 aliphatic rings. The molecule has 1 heterocycles. The molecule has 0 bridgehead atoms. The van der Waals surface area contributed by atoms with Gasteiger partial charge in [0.25, 0.3) is 0 Å². The summed E-state index contributed by atoms with van der Waals surface area (Å²) >= 11 is 0. The third-order valence-corrected chi connectivity index (χ3v) is 11.5. The second-order valence-electron chi connectivity index (χ2n) is 13.1. The van der Waals surface area contributed by atoms with Gasteiger partial charge in [0.05, 0.1) is 13.2 Å². The standard InChI is InChI=1S/C30H45NO6/c1-19(4-7-27(35)37-15-12-31-10-13-36-14-11-31)22-5-6-23-28-24(18-26(34)30(22,23)3)29(2)9-8-21(32)16-20(29)17-25(28)33/h19-20,22-24,28H,4-18H2,1-3H3. The van der Waals surface area contributed by atoms with Gasteiger partial charge in [-0.05, 0) is 60.7 Å². The van der Waals surface area contributed by atoms with Gasteiger partial charge in [0.1, 0.15) is 24.0 Å². The van der Waals surface area contributed by atoms with Crippen LogP contribution >= 0.6 is 0 Å². The van der Waals surface area contributed by atoms with Crippen molar-refractivity contribution < 1.29 is 28.7 Å². The van der Waals surface area contributed by atoms with Crippen LogP contribution in [0, 0.1) is 46.3 Å². The molecular formula is C30H45NO6. The van der Waals surface area contributed by atoms with Crippen LogP contribution in [0.25, 0.3) is 0 Å². The number of ether oxygens (including phenoxy) is 2. The Morgan fingerprint density at radius 2 is 1.84 bits per heavy atom. The van der Waals surface area contributed by atoms with Crippen LogP contribution in [0.4, 0.5) is 0 Å². The molecule has 0 spiro atoms. The highest BCUT2D eigenvalue weighted by Gasteiger charge is 2.66. The molecule has 8 unspecified atom stereocenters. The van der Waals surface area contributed by atoms with Crippen LogP contribution in [-0.2, 0) is 28.7 Å². The lowest BCUT2D eigenvalue weighted by Crippen LogP contribution is -2.60. The number of carbonyl (C=O) groups is 4. The SMILES string of the molecule is CC(CCC(=O)OCCN1CCOCC1)C1CCC2C3C(=O)CC4CC(=O)CCC4(C)C3CC(=O)C12C. The Hall–Kier alpha value is -1.60. The monoisotopic (exact) mass is 515 g/mol. The number of hydrogen-bond donors (Lipinski definition) is 0. The minimum atomic E-state index is -0.496. The van der Waals surface area contributed by atoms with Gasteiger partial charge in [0.2, 0.25) is 0 Å². The van der Waals surface area contributed by atoms with Gasteiger partial charge in [0, 0.05) is 63.1 Å². The van der Waals surface area contributed by atoms with Gasteiger partial charge >= 0.3 is 5.97 Å². The molecule has 206 valence electrons. The summed E-state index contributed by atoms with van der Waals surface area (Å²) in [7, 11) is 0. The Morgan fingerprint density at radius 3 is 2.59 bits per heavy atom. The maximum absolute atomic E-state index is 13.9. The van der Waals surface area contributed by atoms with E-state index in [4.69, 9.17) is 9.47 Å². The zero-order chi connectivity index (χ0) is 26.4. The van der Waals surface area contributed by atoms with Crippen molar-refractivity contribution in [1.82, 2.24) is 4.90 Å². The number of fused-ring (bicyclic) bond motifs is 5. The summed E-state index contributed by atoms with van der Waals surface area (Å²) in [5.74, 6) is 1.34. The Bertz CT molecular complexity index is 927. The molecule has 0 aromatic heterocycles. The van der Waals surface area contributed by atoms with Crippen LogP contribution in [0.2, 0.25) is 0 Å². The van der Waals surface area contributed by atoms with Crippen molar-refractivity contribution in [2.45, 2.75) is 78.6 Å². The quantitative estimate of drug-likeness (QED) is 0.476. The first-order valence-corrected chi connectivity index (χ1v) is 14.7. The smallest absolute Gasteiger partial charge is 0.305 e. The van der Waals surface area contributed by atoms with Crippen LogP contribution in [-0.4, -0.2) is 67.7 Å². The van der Waals surface area contributed by atoms with E-state index in [1.807, 2.05) is 0 Å². The molecule has 8 atom stereocenters. The molecule has 7 nitrogen and oxygen atoms in total. The second kappa shape index (κ2) is 10.5. The van der Waals surface area contributed by atoms with E-state index < -0.39 is 5.41 Å². The van der Waals surface area contributed by atoms with E-state index in [1.54, 1.807) is 0 Å². The van der Waals surface area contributed by atoms with Crippen LogP contribution in [0.5, 0.6) is 0 Å². The Balaban J connectivity index is 1.20. The lowest BCUT2D eigenvalue weighted by atomic mass is 9.44. The zero-order valence-corrected chi connectivity index (χ0v) is 23.0. The maximum atomic E-state index is 13.9. The fraction of sp³-hybridized carbons (Fsp3) is 0.867. The lowest BCUT2D eigenvalue weighted by Gasteiger charge is -2.58. The number of ketones is 3. The van der Waals surface area contributed by atoms with Gasteiger partial charge in [-0.2, -0.15) is 0 Å². The van der Waals surface area contributed by atoms with E-state index in [9.17, 15) is 19.2 Å². The van der Waals surface area contributed by atoms with Crippen molar-refractivity contribution in [3.05, 3.63) is 0 Å². The van der Waals surface area contributed by atoms with Crippen molar-refractivity contribution in [3.8, 4) is 0 Å². The number of morpholine rings is 1. The number of rotatable bonds is 7. The predicted octanol–water partition coefficient (Wildman–Crippen LogP) is 3.86. The predicted molar refractivity (Wildman–Crippen MR) is 138 cm³/mol. The van der Waals surface area contributed by atoms with E-state index in [-0.39, 0.29) is 52.7 Å². The van der Waals surface area contributed by atoms with Crippen molar-refractivity contribution in [1.29, 1.82) is 0 Å². The summed E-state index contributed by atoms with van der Waals surface area (Å²) in [6.07, 6.45) is 5.80. The van der Waals surface area contributed by atoms with Gasteiger partial charge in [-0.25, -0.2) is 0 Å². The molecule has 0 N–H and O–H groups in total. The Morgan fingerprint density at radius 1 is 1.08 bits per heavy atom. The third-order valence-electron chi connectivity index (χ3n) is 11.5. The Kier molecular flexibility index (Phi) is 7.67. The van der Waals surface area contributed by atoms with Gasteiger partial charge in [0.15, 0.2) is 0 Å². The molecule has 5 rings (SSSR count). The Labute approximate surface area is 221 Å². The molecule has 1 saturated heterocycles. The minimum absolute atomic E-state index is 0.0560. The van der Waals surface area contributed by atoms with Crippen LogP contribution in [0.3, 0.4) is 0 Å². The van der Waals surface area contributed by atoms with Crippen LogP contribution in [0.15, 0.2) is 0 Å². The number of Topliss-reactive ketones (excluding diaryl/α,β-unsaturated/α-hetero) is 3. The first kappa shape index (κ1) is 27.0. The van der Waals surface area contributed by atoms with Crippen molar-refractivity contribution in [2.75, 3.05) is 39.5 Å². The number of esters is 1. The molecular weight excluding hydrogens is 470 g/mol. The molecule has 37 heavy (non-hydrogen) atoms. The molecule has 0 aromatic rings. The van der Waals surface area contributed by atoms with Gasteiger partial charge < -0.3 is 9.47 Å². The molecule has 4 saturated carbocycles. The number of carbonyl (C=O) groups excluding carboxylic acids is 4. The third kappa shape index (κ3) is 4.84. The zero-order valence-electron chi connectivity index (χ0n) is 23.0. The first-order chi connectivity index (χ1) is 17.6. The molecule has 4 aliphatic carbocycles. The molecule has 7 heteroatoms. The summed E-state index contributed by atoms with van der Waals surface area (Å²) in [6.45, 7) is 10.9. The summed E-state index contributed by atoms with van der Waals surface area (Å²) in [5, 5.41) is 0. The average Bonchev–Trinajstić information content (AvgIpc) is 3.23. The van der Waals surface area contributed by atoms with Crippen LogP contribution in [0.1, 0.15) is 78.6 Å². The topological polar surface area (TPSA) is 90.0 Å². The van der Waals surface area contributed by atoms with E-state index >= 15 is 0 Å². The van der Waals surface area contributed by atoms with Gasteiger partial charge in [-0.1, -0.05) is 20.8 Å². The first-order valence-electron chi connectivity index (χ1n) is 14.7. The largest absolute Gasteiger partial charge is 0.464 e. The van der Waals surface area contributed by atoms with E-state index in [1.165, 1.54) is 0 Å². The molecule has 0 aromatic carbocycles. The van der Waals surface area contributed by atoms with E-state index in [0.29, 0.717) is 56.7 Å². The van der Waals surface area contributed by atoms with E-state index in [2.05, 4.69) is 25.7 Å². The minimum Gasteiger partial charge on any atom is -0.464 e. The molecule has 0 amide bonds. The molecule has 1 aliphatic heterocycles. The van der Waals surface area contributed by atoms with Crippen molar-refractivity contribution >= 4 is 23.3 Å². The number of nitrogens with zero attached hydrogens (tertiary/aromatic N) is 1. The molecule has 0 radical (unpaired) electrons. The number of hydrogen-bond acceptors (Lipinski definition) is 7. The van der Waals surface area contributed by atoms with E-state index in [0.717, 1.165) is 52.1 Å². The van der Waals surface area contributed by atoms with Crippen molar-refractivity contribution in [2.24, 2.45) is 46.3 Å². The normalized spacial score (nSPS) is 41.1. The summed E-state index contributed by atoms with van der Waals surface area (Å²) in [6, 6.07) is 0. The summed E-state index contributed by atoms with van der Waals surface area (Å²) < 4.78 is 10.9. The second-order valence-corrected chi connectivity index (χ2v) is 13.1. The highest BCUT2D eigenvalue weighted by Crippen LogP contribution is 2.66. The lowest BCUT2D eigenvalue weighted by molar-refractivity contribution is -0.166. The fourth-order valence-electron chi connectivity index (χ4n) is 9.12. The fourth-order valence-corrected chi connectivity index (χ4v) is 9.12. The van der Waals surface area contributed by atoms with Gasteiger partial charge in [-0.3, -0.25) is 24.1 Å². The van der Waals surface area contributed by atoms with Gasteiger partial charge in [-0.15, -0.1) is 0 Å². The average molecular weight is 516 g/mol. The highest BCUT2D eigenvalue weighted by atomic mass is 16.5. The molecule has 5 fully saturated rings.